The lowest BCUT2D eigenvalue weighted by Crippen LogP contribution is -2.46. The summed E-state index contributed by atoms with van der Waals surface area (Å²) >= 11 is 11.3. The first-order valence-electron chi connectivity index (χ1n) is 5.45. The Morgan fingerprint density at radius 3 is 2.07 bits per heavy atom. The maximum Gasteiger partial charge on any atom is 0.320 e. The van der Waals surface area contributed by atoms with Gasteiger partial charge >= 0.3 is 6.03 Å². The molecular formula is C10H18Cl2N2O. The molecule has 0 atom stereocenters. The molecule has 1 aliphatic heterocycles. The average molecular weight is 253 g/mol. The minimum absolute atomic E-state index is 0.0935. The van der Waals surface area contributed by atoms with Crippen LogP contribution in [0.1, 0.15) is 19.3 Å². The Morgan fingerprint density at radius 2 is 1.60 bits per heavy atom. The van der Waals surface area contributed by atoms with Gasteiger partial charge in [-0.15, -0.1) is 23.2 Å². The van der Waals surface area contributed by atoms with Crippen molar-refractivity contribution in [3.8, 4) is 0 Å². The lowest BCUT2D eigenvalue weighted by atomic mass is 10.1. The average Bonchev–Trinajstić information content (AvgIpc) is 2.29. The molecule has 0 aromatic carbocycles. The largest absolute Gasteiger partial charge is 0.325 e. The van der Waals surface area contributed by atoms with Gasteiger partial charge in [-0.3, -0.25) is 0 Å². The second-order valence-electron chi connectivity index (χ2n) is 3.70. The Bertz CT molecular complexity index is 190. The molecule has 0 radical (unpaired) electrons. The lowest BCUT2D eigenvalue weighted by Gasteiger charge is -2.32. The molecule has 2 amide bonds. The molecule has 0 unspecified atom stereocenters. The zero-order valence-electron chi connectivity index (χ0n) is 8.92. The zero-order valence-corrected chi connectivity index (χ0v) is 10.4. The molecule has 0 N–H and O–H groups in total. The van der Waals surface area contributed by atoms with Crippen LogP contribution >= 0.6 is 23.2 Å². The van der Waals surface area contributed by atoms with Gasteiger partial charge in [-0.1, -0.05) is 0 Å². The highest BCUT2D eigenvalue weighted by atomic mass is 35.5. The minimum Gasteiger partial charge on any atom is -0.325 e. The number of likely N-dealkylation sites (tertiary alicyclic amines) is 1. The highest BCUT2D eigenvalue weighted by Crippen LogP contribution is 2.11. The summed E-state index contributed by atoms with van der Waals surface area (Å²) in [4.78, 5) is 15.7. The van der Waals surface area contributed by atoms with Crippen LogP contribution in [0.15, 0.2) is 0 Å². The van der Waals surface area contributed by atoms with Gasteiger partial charge in [0.15, 0.2) is 0 Å². The Hall–Kier alpha value is -0.150. The van der Waals surface area contributed by atoms with E-state index in [1.54, 1.807) is 4.90 Å². The molecule has 0 saturated carbocycles. The Balaban J connectivity index is 2.45. The summed E-state index contributed by atoms with van der Waals surface area (Å²) in [5.74, 6) is 0.937. The first kappa shape index (κ1) is 12.9. The Labute approximate surface area is 101 Å². The molecule has 0 aromatic heterocycles. The number of alkyl halides is 2. The molecule has 0 spiro atoms. The monoisotopic (exact) mass is 252 g/mol. The van der Waals surface area contributed by atoms with E-state index in [4.69, 9.17) is 23.2 Å². The van der Waals surface area contributed by atoms with Crippen LogP contribution in [0.5, 0.6) is 0 Å². The van der Waals surface area contributed by atoms with E-state index in [1.165, 1.54) is 6.42 Å². The van der Waals surface area contributed by atoms with Crippen molar-refractivity contribution >= 4 is 29.2 Å². The summed E-state index contributed by atoms with van der Waals surface area (Å²) in [5, 5.41) is 0. The summed E-state index contributed by atoms with van der Waals surface area (Å²) in [5.41, 5.74) is 0. The molecule has 3 nitrogen and oxygen atoms in total. The van der Waals surface area contributed by atoms with E-state index < -0.39 is 0 Å². The van der Waals surface area contributed by atoms with Crippen LogP contribution in [0.2, 0.25) is 0 Å². The van der Waals surface area contributed by atoms with Gasteiger partial charge in [-0.25, -0.2) is 4.79 Å². The van der Waals surface area contributed by atoms with Crippen molar-refractivity contribution in [2.75, 3.05) is 37.9 Å². The number of piperidine rings is 1. The van der Waals surface area contributed by atoms with Crippen molar-refractivity contribution in [3.63, 3.8) is 0 Å². The number of urea groups is 1. The number of carbonyl (C=O) groups is 1. The third-order valence-electron chi connectivity index (χ3n) is 2.61. The summed E-state index contributed by atoms with van der Waals surface area (Å²) in [7, 11) is 0. The van der Waals surface area contributed by atoms with E-state index >= 15 is 0 Å². The second-order valence-corrected chi connectivity index (χ2v) is 4.45. The number of rotatable bonds is 4. The predicted molar refractivity (Wildman–Crippen MR) is 63.8 cm³/mol. The van der Waals surface area contributed by atoms with Crippen LogP contribution < -0.4 is 0 Å². The van der Waals surface area contributed by atoms with Gasteiger partial charge in [-0.2, -0.15) is 0 Å². The number of hydrogen-bond acceptors (Lipinski definition) is 1. The number of carbonyl (C=O) groups excluding carboxylic acids is 1. The van der Waals surface area contributed by atoms with E-state index in [2.05, 4.69) is 0 Å². The molecule has 15 heavy (non-hydrogen) atoms. The van der Waals surface area contributed by atoms with Gasteiger partial charge < -0.3 is 9.80 Å². The summed E-state index contributed by atoms with van der Waals surface area (Å²) < 4.78 is 0. The van der Waals surface area contributed by atoms with Crippen LogP contribution in [0, 0.1) is 0 Å². The maximum atomic E-state index is 12.0. The Morgan fingerprint density at radius 1 is 1.07 bits per heavy atom. The van der Waals surface area contributed by atoms with Gasteiger partial charge in [0, 0.05) is 37.9 Å². The fourth-order valence-corrected chi connectivity index (χ4v) is 2.20. The van der Waals surface area contributed by atoms with Crippen LogP contribution in [-0.4, -0.2) is 53.8 Å². The topological polar surface area (TPSA) is 23.6 Å². The number of nitrogens with zero attached hydrogens (tertiary/aromatic N) is 2. The Kier molecular flexibility index (Phi) is 6.18. The van der Waals surface area contributed by atoms with Gasteiger partial charge in [0.2, 0.25) is 0 Å². The van der Waals surface area contributed by atoms with E-state index in [9.17, 15) is 4.79 Å². The van der Waals surface area contributed by atoms with Gasteiger partial charge in [0.1, 0.15) is 0 Å². The van der Waals surface area contributed by atoms with Gasteiger partial charge in [0.05, 0.1) is 0 Å². The van der Waals surface area contributed by atoms with E-state index in [1.807, 2.05) is 4.90 Å². The molecule has 1 aliphatic rings. The highest BCUT2D eigenvalue weighted by Gasteiger charge is 2.21. The van der Waals surface area contributed by atoms with Crippen molar-refractivity contribution in [2.24, 2.45) is 0 Å². The van der Waals surface area contributed by atoms with Crippen LogP contribution in [-0.2, 0) is 0 Å². The minimum atomic E-state index is 0.0935. The first-order valence-corrected chi connectivity index (χ1v) is 6.52. The lowest BCUT2D eigenvalue weighted by molar-refractivity contribution is 0.148. The third kappa shape index (κ3) is 4.07. The predicted octanol–water partition coefficient (Wildman–Crippen LogP) is 2.37. The van der Waals surface area contributed by atoms with E-state index in [-0.39, 0.29) is 6.03 Å². The smallest absolute Gasteiger partial charge is 0.320 e. The van der Waals surface area contributed by atoms with Crippen LogP contribution in [0.25, 0.3) is 0 Å². The second kappa shape index (κ2) is 7.18. The normalized spacial score (nSPS) is 16.5. The summed E-state index contributed by atoms with van der Waals surface area (Å²) in [6.45, 7) is 2.92. The van der Waals surface area contributed by atoms with Crippen molar-refractivity contribution in [2.45, 2.75) is 19.3 Å². The molecule has 0 aliphatic carbocycles. The molecule has 1 heterocycles. The molecule has 88 valence electrons. The number of hydrogen-bond donors (Lipinski definition) is 0. The molecule has 0 aromatic rings. The SMILES string of the molecule is O=C(N(CCCl)CCCl)N1CCCCC1. The summed E-state index contributed by atoms with van der Waals surface area (Å²) in [6.07, 6.45) is 3.46. The van der Waals surface area contributed by atoms with Gasteiger partial charge in [-0.05, 0) is 19.3 Å². The highest BCUT2D eigenvalue weighted by molar-refractivity contribution is 6.18. The van der Waals surface area contributed by atoms with Crippen LogP contribution in [0.3, 0.4) is 0 Å². The summed E-state index contributed by atoms with van der Waals surface area (Å²) in [6, 6.07) is 0.0935. The number of halogens is 2. The van der Waals surface area contributed by atoms with Crippen molar-refractivity contribution in [3.05, 3.63) is 0 Å². The molecule has 1 rings (SSSR count). The van der Waals surface area contributed by atoms with Crippen molar-refractivity contribution in [1.82, 2.24) is 9.80 Å². The van der Waals surface area contributed by atoms with E-state index in [0.717, 1.165) is 25.9 Å². The molecular weight excluding hydrogens is 235 g/mol. The fraction of sp³-hybridized carbons (Fsp3) is 0.900. The van der Waals surface area contributed by atoms with Gasteiger partial charge in [0.25, 0.3) is 0 Å². The van der Waals surface area contributed by atoms with Crippen molar-refractivity contribution < 1.29 is 4.79 Å². The third-order valence-corrected chi connectivity index (χ3v) is 2.94. The molecule has 1 saturated heterocycles. The quantitative estimate of drug-likeness (QED) is 0.705. The molecule has 1 fully saturated rings. The zero-order chi connectivity index (χ0) is 11.1. The number of amides is 2. The van der Waals surface area contributed by atoms with Crippen LogP contribution in [0.4, 0.5) is 4.79 Å². The first-order chi connectivity index (χ1) is 7.29. The van der Waals surface area contributed by atoms with E-state index in [0.29, 0.717) is 24.8 Å². The molecule has 5 heteroatoms. The standard InChI is InChI=1S/C10H18Cl2N2O/c11-4-8-14(9-5-12)10(15)13-6-2-1-3-7-13/h1-9H2. The maximum absolute atomic E-state index is 12.0. The molecule has 0 bridgehead atoms. The van der Waals surface area contributed by atoms with Crippen molar-refractivity contribution in [1.29, 1.82) is 0 Å². The fourth-order valence-electron chi connectivity index (χ4n) is 1.79.